The highest BCUT2D eigenvalue weighted by Crippen LogP contribution is 2.29. The lowest BCUT2D eigenvalue weighted by Gasteiger charge is -2.36. The number of hydrogen-bond acceptors (Lipinski definition) is 8. The number of nitrogens with one attached hydrogen (secondary N) is 2. The van der Waals surface area contributed by atoms with Crippen molar-refractivity contribution >= 4 is 34.9 Å². The van der Waals surface area contributed by atoms with Gasteiger partial charge in [0.25, 0.3) is 5.91 Å². The van der Waals surface area contributed by atoms with E-state index in [9.17, 15) is 9.59 Å². The van der Waals surface area contributed by atoms with Gasteiger partial charge in [0, 0.05) is 76.8 Å². The van der Waals surface area contributed by atoms with Gasteiger partial charge in [-0.1, -0.05) is 0 Å². The molecule has 0 bridgehead atoms. The van der Waals surface area contributed by atoms with Gasteiger partial charge >= 0.3 is 6.03 Å². The Hall–Kier alpha value is -3.60. The zero-order chi connectivity index (χ0) is 25.9. The molecule has 3 fully saturated rings. The molecule has 2 saturated heterocycles. The summed E-state index contributed by atoms with van der Waals surface area (Å²) in [5.74, 6) is 0.332. The van der Waals surface area contributed by atoms with Gasteiger partial charge in [0.15, 0.2) is 11.5 Å². The van der Waals surface area contributed by atoms with E-state index >= 15 is 0 Å². The number of carbonyl (C=O) groups is 2. The number of urea groups is 1. The Kier molecular flexibility index (Phi) is 7.31. The fourth-order valence-corrected chi connectivity index (χ4v) is 5.08. The van der Waals surface area contributed by atoms with Crippen LogP contribution in [0.5, 0.6) is 0 Å². The number of primary amides is 1. The third-order valence-electron chi connectivity index (χ3n) is 7.35. The van der Waals surface area contributed by atoms with Crippen LogP contribution in [-0.2, 0) is 0 Å². The molecule has 11 nitrogen and oxygen atoms in total. The van der Waals surface area contributed by atoms with Gasteiger partial charge in [-0.15, -0.1) is 0 Å². The van der Waals surface area contributed by atoms with Crippen molar-refractivity contribution in [3.8, 4) is 0 Å². The van der Waals surface area contributed by atoms with Gasteiger partial charge in [-0.05, 0) is 49.9 Å². The molecule has 4 N–H and O–H groups in total. The number of amides is 3. The Balaban J connectivity index is 1.26. The minimum atomic E-state index is -0.638. The monoisotopic (exact) mass is 507 g/mol. The summed E-state index contributed by atoms with van der Waals surface area (Å²) in [6.07, 6.45) is 6.09. The van der Waals surface area contributed by atoms with Gasteiger partial charge < -0.3 is 31.1 Å². The van der Waals surface area contributed by atoms with E-state index in [1.807, 2.05) is 12.1 Å². The number of piperidine rings is 1. The number of nitrogens with zero attached hydrogens (tertiary/aromatic N) is 6. The summed E-state index contributed by atoms with van der Waals surface area (Å²) < 4.78 is 0. The lowest BCUT2D eigenvalue weighted by Crippen LogP contribution is -2.50. The van der Waals surface area contributed by atoms with E-state index in [1.54, 1.807) is 20.3 Å². The zero-order valence-electron chi connectivity index (χ0n) is 21.7. The van der Waals surface area contributed by atoms with Crippen molar-refractivity contribution < 1.29 is 9.59 Å². The summed E-state index contributed by atoms with van der Waals surface area (Å²) in [6, 6.07) is 8.90. The third kappa shape index (κ3) is 6.04. The molecule has 3 aliphatic rings. The first-order valence-corrected chi connectivity index (χ1v) is 13.1. The SMILES string of the molecule is CN(C)C(=O)NC1CCCN(c2cnc(C(N)=O)c(Nc3ccc(N4CCN(C5CC5)CC4)cc3)n2)C1. The molecule has 1 aromatic heterocycles. The number of carbonyl (C=O) groups excluding carboxylic acids is 2. The van der Waals surface area contributed by atoms with Crippen LogP contribution < -0.4 is 26.2 Å². The number of aromatic nitrogens is 2. The second-order valence-electron chi connectivity index (χ2n) is 10.3. The highest BCUT2D eigenvalue weighted by atomic mass is 16.2. The summed E-state index contributed by atoms with van der Waals surface area (Å²) >= 11 is 0. The molecule has 198 valence electrons. The largest absolute Gasteiger partial charge is 0.369 e. The molecule has 1 aliphatic carbocycles. The fourth-order valence-electron chi connectivity index (χ4n) is 5.08. The molecular weight excluding hydrogens is 470 g/mol. The normalized spacial score (nSPS) is 20.4. The summed E-state index contributed by atoms with van der Waals surface area (Å²) in [6.45, 7) is 5.71. The van der Waals surface area contributed by atoms with Gasteiger partial charge in [0.05, 0.1) is 6.20 Å². The van der Waals surface area contributed by atoms with Gasteiger partial charge in [-0.25, -0.2) is 14.8 Å². The molecule has 1 saturated carbocycles. The van der Waals surface area contributed by atoms with E-state index in [0.29, 0.717) is 18.2 Å². The molecule has 3 heterocycles. The van der Waals surface area contributed by atoms with Gasteiger partial charge in [0.2, 0.25) is 0 Å². The quantitative estimate of drug-likeness (QED) is 0.519. The first-order chi connectivity index (χ1) is 17.9. The first-order valence-electron chi connectivity index (χ1n) is 13.1. The number of piperazine rings is 1. The number of hydrogen-bond donors (Lipinski definition) is 3. The van der Waals surface area contributed by atoms with Crippen molar-refractivity contribution in [1.82, 2.24) is 25.1 Å². The Bertz CT molecular complexity index is 1110. The molecular formula is C26H37N9O2. The topological polar surface area (TPSA) is 123 Å². The molecule has 0 spiro atoms. The Morgan fingerprint density at radius 1 is 1.00 bits per heavy atom. The zero-order valence-corrected chi connectivity index (χ0v) is 21.7. The minimum Gasteiger partial charge on any atom is -0.369 e. The smallest absolute Gasteiger partial charge is 0.317 e. The van der Waals surface area contributed by atoms with Crippen LogP contribution in [0.25, 0.3) is 0 Å². The van der Waals surface area contributed by atoms with Crippen molar-refractivity contribution in [3.63, 3.8) is 0 Å². The van der Waals surface area contributed by atoms with Crippen LogP contribution in [0.4, 0.5) is 27.8 Å². The summed E-state index contributed by atoms with van der Waals surface area (Å²) in [7, 11) is 3.45. The number of rotatable bonds is 7. The lowest BCUT2D eigenvalue weighted by molar-refractivity contribution is 0.0996. The van der Waals surface area contributed by atoms with Gasteiger partial charge in [-0.3, -0.25) is 9.69 Å². The molecule has 5 rings (SSSR count). The van der Waals surface area contributed by atoms with Crippen LogP contribution in [0.1, 0.15) is 36.2 Å². The van der Waals surface area contributed by atoms with Crippen molar-refractivity contribution in [3.05, 3.63) is 36.2 Å². The van der Waals surface area contributed by atoms with E-state index in [1.165, 1.54) is 23.4 Å². The standard InChI is InChI=1S/C26H37N9O2/c1-32(2)26(37)30-19-4-3-11-35(17-19)22-16-28-23(24(27)36)25(31-22)29-18-5-7-20(8-6-18)33-12-14-34(15-13-33)21-9-10-21/h5-8,16,19,21H,3-4,9-15,17H2,1-2H3,(H2,27,36)(H,29,31)(H,30,37). The van der Waals surface area contributed by atoms with Crippen molar-refractivity contribution in [2.24, 2.45) is 5.73 Å². The Labute approximate surface area is 218 Å². The number of benzene rings is 1. The Morgan fingerprint density at radius 3 is 2.38 bits per heavy atom. The molecule has 2 aromatic rings. The predicted octanol–water partition coefficient (Wildman–Crippen LogP) is 1.84. The fraction of sp³-hybridized carbons (Fsp3) is 0.538. The van der Waals surface area contributed by atoms with E-state index < -0.39 is 5.91 Å². The van der Waals surface area contributed by atoms with Gasteiger partial charge in [0.1, 0.15) is 5.82 Å². The maximum Gasteiger partial charge on any atom is 0.317 e. The lowest BCUT2D eigenvalue weighted by atomic mass is 10.1. The number of nitrogens with two attached hydrogens (primary N) is 1. The second kappa shape index (κ2) is 10.8. The second-order valence-corrected chi connectivity index (χ2v) is 10.3. The highest BCUT2D eigenvalue weighted by molar-refractivity contribution is 5.96. The summed E-state index contributed by atoms with van der Waals surface area (Å²) in [5.41, 5.74) is 7.70. The van der Waals surface area contributed by atoms with E-state index in [0.717, 1.165) is 57.3 Å². The third-order valence-corrected chi connectivity index (χ3v) is 7.35. The van der Waals surface area contributed by atoms with Crippen LogP contribution in [0.15, 0.2) is 30.5 Å². The summed E-state index contributed by atoms with van der Waals surface area (Å²) in [4.78, 5) is 41.9. The van der Waals surface area contributed by atoms with Crippen molar-refractivity contribution in [2.75, 3.05) is 68.5 Å². The summed E-state index contributed by atoms with van der Waals surface area (Å²) in [5, 5.41) is 6.29. The highest BCUT2D eigenvalue weighted by Gasteiger charge is 2.31. The molecule has 37 heavy (non-hydrogen) atoms. The van der Waals surface area contributed by atoms with Crippen molar-refractivity contribution in [2.45, 2.75) is 37.8 Å². The minimum absolute atomic E-state index is 0.0105. The van der Waals surface area contributed by atoms with Crippen LogP contribution in [-0.4, -0.2) is 97.2 Å². The molecule has 0 radical (unpaired) electrons. The van der Waals surface area contributed by atoms with Crippen LogP contribution in [0, 0.1) is 0 Å². The predicted molar refractivity (Wildman–Crippen MR) is 145 cm³/mol. The first kappa shape index (κ1) is 25.1. The molecule has 3 amide bonds. The molecule has 1 unspecified atom stereocenters. The Morgan fingerprint density at radius 2 is 1.73 bits per heavy atom. The van der Waals surface area contributed by atoms with Crippen LogP contribution >= 0.6 is 0 Å². The van der Waals surface area contributed by atoms with Crippen LogP contribution in [0.2, 0.25) is 0 Å². The molecule has 1 aromatic carbocycles. The van der Waals surface area contributed by atoms with Crippen molar-refractivity contribution in [1.29, 1.82) is 0 Å². The number of anilines is 4. The van der Waals surface area contributed by atoms with E-state index in [2.05, 4.69) is 42.5 Å². The maximum atomic E-state index is 12.1. The van der Waals surface area contributed by atoms with Gasteiger partial charge in [-0.2, -0.15) is 0 Å². The van der Waals surface area contributed by atoms with Crippen LogP contribution in [0.3, 0.4) is 0 Å². The maximum absolute atomic E-state index is 12.1. The molecule has 1 atom stereocenters. The molecule has 2 aliphatic heterocycles. The van der Waals surface area contributed by atoms with E-state index in [-0.39, 0.29) is 17.8 Å². The average Bonchev–Trinajstić information content (AvgIpc) is 3.75. The van der Waals surface area contributed by atoms with E-state index in [4.69, 9.17) is 10.7 Å². The average molecular weight is 508 g/mol. The molecule has 11 heteroatoms.